The van der Waals surface area contributed by atoms with E-state index in [1.54, 1.807) is 18.2 Å². The van der Waals surface area contributed by atoms with Crippen LogP contribution in [-0.4, -0.2) is 41.6 Å². The maximum absolute atomic E-state index is 11.6. The number of rotatable bonds is 6. The first-order valence-corrected chi connectivity index (χ1v) is 7.23. The Kier molecular flexibility index (Phi) is 5.33. The van der Waals surface area contributed by atoms with E-state index in [1.807, 2.05) is 6.07 Å². The predicted molar refractivity (Wildman–Crippen MR) is 78.1 cm³/mol. The fourth-order valence-electron chi connectivity index (χ4n) is 2.85. The molecule has 21 heavy (non-hydrogen) atoms. The zero-order valence-electron chi connectivity index (χ0n) is 12.2. The molecular weight excluding hydrogens is 270 g/mol. The average Bonchev–Trinajstić information content (AvgIpc) is 3.01. The molecular formula is C16H21NO4. The Bertz CT molecular complexity index is 509. The van der Waals surface area contributed by atoms with E-state index in [4.69, 9.17) is 9.84 Å². The minimum atomic E-state index is -0.933. The lowest BCUT2D eigenvalue weighted by Crippen LogP contribution is -2.37. The Morgan fingerprint density at radius 1 is 1.33 bits per heavy atom. The molecule has 0 radical (unpaired) electrons. The summed E-state index contributed by atoms with van der Waals surface area (Å²) in [6, 6.07) is 7.25. The van der Waals surface area contributed by atoms with Crippen molar-refractivity contribution in [3.05, 3.63) is 35.4 Å². The number of benzene rings is 1. The van der Waals surface area contributed by atoms with E-state index in [0.29, 0.717) is 12.6 Å². The van der Waals surface area contributed by atoms with Gasteiger partial charge in [0.25, 0.3) is 0 Å². The van der Waals surface area contributed by atoms with E-state index in [2.05, 4.69) is 4.90 Å². The zero-order valence-corrected chi connectivity index (χ0v) is 12.2. The van der Waals surface area contributed by atoms with E-state index >= 15 is 0 Å². The van der Waals surface area contributed by atoms with Crippen molar-refractivity contribution < 1.29 is 19.4 Å². The molecule has 1 aromatic rings. The fourth-order valence-corrected chi connectivity index (χ4v) is 2.85. The summed E-state index contributed by atoms with van der Waals surface area (Å²) in [6.07, 6.45) is 4.51. The van der Waals surface area contributed by atoms with Crippen molar-refractivity contribution in [2.45, 2.75) is 38.3 Å². The lowest BCUT2D eigenvalue weighted by molar-refractivity contribution is -0.142. The average molecular weight is 291 g/mol. The van der Waals surface area contributed by atoms with Gasteiger partial charge in [-0.15, -0.1) is 0 Å². The van der Waals surface area contributed by atoms with Crippen LogP contribution in [0.2, 0.25) is 0 Å². The smallest absolute Gasteiger partial charge is 0.335 e. The summed E-state index contributed by atoms with van der Waals surface area (Å²) < 4.78 is 4.77. The first-order chi connectivity index (χ1) is 10.1. The van der Waals surface area contributed by atoms with Crippen molar-refractivity contribution >= 4 is 11.9 Å². The molecule has 1 saturated carbocycles. The number of nitrogens with zero attached hydrogens (tertiary/aromatic N) is 1. The number of aromatic carboxylic acids is 1. The highest BCUT2D eigenvalue weighted by Gasteiger charge is 2.24. The van der Waals surface area contributed by atoms with Crippen molar-refractivity contribution in [2.75, 3.05) is 13.7 Å². The molecule has 0 amide bonds. The summed E-state index contributed by atoms with van der Waals surface area (Å²) in [4.78, 5) is 24.7. The molecule has 0 bridgehead atoms. The molecule has 1 N–H and O–H groups in total. The van der Waals surface area contributed by atoms with Crippen LogP contribution in [0.5, 0.6) is 0 Å². The molecule has 0 aliphatic heterocycles. The molecule has 114 valence electrons. The third-order valence-corrected chi connectivity index (χ3v) is 3.96. The zero-order chi connectivity index (χ0) is 15.2. The van der Waals surface area contributed by atoms with Gasteiger partial charge in [0.1, 0.15) is 0 Å². The normalized spacial score (nSPS) is 15.3. The van der Waals surface area contributed by atoms with E-state index in [-0.39, 0.29) is 18.1 Å². The first-order valence-electron chi connectivity index (χ1n) is 7.23. The van der Waals surface area contributed by atoms with Gasteiger partial charge < -0.3 is 9.84 Å². The number of hydrogen-bond donors (Lipinski definition) is 1. The molecule has 0 unspecified atom stereocenters. The number of carboxylic acids is 1. The van der Waals surface area contributed by atoms with Crippen molar-refractivity contribution in [2.24, 2.45) is 0 Å². The largest absolute Gasteiger partial charge is 0.478 e. The monoisotopic (exact) mass is 291 g/mol. The maximum atomic E-state index is 11.6. The van der Waals surface area contributed by atoms with Gasteiger partial charge in [0.2, 0.25) is 0 Å². The minimum Gasteiger partial charge on any atom is -0.478 e. The van der Waals surface area contributed by atoms with Crippen LogP contribution in [0.1, 0.15) is 41.6 Å². The second-order valence-corrected chi connectivity index (χ2v) is 5.42. The van der Waals surface area contributed by atoms with Gasteiger partial charge in [-0.3, -0.25) is 9.69 Å². The fraction of sp³-hybridized carbons (Fsp3) is 0.500. The Morgan fingerprint density at radius 2 is 2.05 bits per heavy atom. The molecule has 1 aliphatic carbocycles. The van der Waals surface area contributed by atoms with Crippen LogP contribution in [-0.2, 0) is 16.1 Å². The highest BCUT2D eigenvalue weighted by molar-refractivity contribution is 5.87. The second kappa shape index (κ2) is 7.22. The number of ether oxygens (including phenoxy) is 1. The van der Waals surface area contributed by atoms with Gasteiger partial charge >= 0.3 is 11.9 Å². The van der Waals surface area contributed by atoms with Crippen LogP contribution in [0.3, 0.4) is 0 Å². The van der Waals surface area contributed by atoms with Gasteiger partial charge in [-0.05, 0) is 30.5 Å². The van der Waals surface area contributed by atoms with Gasteiger partial charge in [-0.25, -0.2) is 4.79 Å². The first kappa shape index (κ1) is 15.5. The van der Waals surface area contributed by atoms with Crippen molar-refractivity contribution in [1.82, 2.24) is 4.90 Å². The molecule has 0 atom stereocenters. The van der Waals surface area contributed by atoms with Gasteiger partial charge in [0.05, 0.1) is 19.2 Å². The Labute approximate surface area is 124 Å². The number of carbonyl (C=O) groups excluding carboxylic acids is 1. The third-order valence-electron chi connectivity index (χ3n) is 3.96. The number of methoxy groups -OCH3 is 1. The lowest BCUT2D eigenvalue weighted by Gasteiger charge is -2.27. The number of hydrogen-bond acceptors (Lipinski definition) is 4. The molecule has 0 heterocycles. The number of carbonyl (C=O) groups is 2. The Morgan fingerprint density at radius 3 is 2.67 bits per heavy atom. The van der Waals surface area contributed by atoms with Crippen LogP contribution in [0.4, 0.5) is 0 Å². The van der Waals surface area contributed by atoms with E-state index in [9.17, 15) is 9.59 Å². The molecule has 5 heteroatoms. The summed E-state index contributed by atoms with van der Waals surface area (Å²) >= 11 is 0. The standard InChI is InChI=1S/C16H21NO4/c1-21-15(18)11-17(14-7-2-3-8-14)10-12-5-4-6-13(9-12)16(19)20/h4-6,9,14H,2-3,7-8,10-11H2,1H3,(H,19,20). The van der Waals surface area contributed by atoms with Crippen LogP contribution in [0.15, 0.2) is 24.3 Å². The van der Waals surface area contributed by atoms with E-state index in [0.717, 1.165) is 18.4 Å². The van der Waals surface area contributed by atoms with E-state index < -0.39 is 5.97 Å². The van der Waals surface area contributed by atoms with Crippen LogP contribution < -0.4 is 0 Å². The number of carboxylic acid groups (broad SMARTS) is 1. The van der Waals surface area contributed by atoms with Gasteiger partial charge in [-0.2, -0.15) is 0 Å². The Hall–Kier alpha value is -1.88. The molecule has 0 aromatic heterocycles. The van der Waals surface area contributed by atoms with Gasteiger partial charge in [0.15, 0.2) is 0 Å². The van der Waals surface area contributed by atoms with Crippen molar-refractivity contribution in [3.8, 4) is 0 Å². The van der Waals surface area contributed by atoms with Gasteiger partial charge in [-0.1, -0.05) is 25.0 Å². The molecule has 5 nitrogen and oxygen atoms in total. The van der Waals surface area contributed by atoms with Crippen molar-refractivity contribution in [1.29, 1.82) is 0 Å². The van der Waals surface area contributed by atoms with Crippen LogP contribution >= 0.6 is 0 Å². The van der Waals surface area contributed by atoms with Crippen LogP contribution in [0, 0.1) is 0 Å². The summed E-state index contributed by atoms with van der Waals surface area (Å²) in [6.45, 7) is 0.819. The summed E-state index contributed by atoms with van der Waals surface area (Å²) in [5.74, 6) is -1.19. The quantitative estimate of drug-likeness (QED) is 0.815. The summed E-state index contributed by atoms with van der Waals surface area (Å²) in [5.41, 5.74) is 1.18. The molecule has 0 spiro atoms. The maximum Gasteiger partial charge on any atom is 0.335 e. The SMILES string of the molecule is COC(=O)CN(Cc1cccc(C(=O)O)c1)C1CCCC1. The Balaban J connectivity index is 2.11. The van der Waals surface area contributed by atoms with Gasteiger partial charge in [0, 0.05) is 12.6 Å². The van der Waals surface area contributed by atoms with Crippen LogP contribution in [0.25, 0.3) is 0 Å². The molecule has 1 aliphatic rings. The predicted octanol–water partition coefficient (Wildman–Crippen LogP) is 2.30. The molecule has 1 fully saturated rings. The highest BCUT2D eigenvalue weighted by atomic mass is 16.5. The highest BCUT2D eigenvalue weighted by Crippen LogP contribution is 2.25. The van der Waals surface area contributed by atoms with Crippen molar-refractivity contribution in [3.63, 3.8) is 0 Å². The second-order valence-electron chi connectivity index (χ2n) is 5.42. The molecule has 2 rings (SSSR count). The summed E-state index contributed by atoms with van der Waals surface area (Å²) in [7, 11) is 1.39. The number of esters is 1. The third kappa shape index (κ3) is 4.29. The topological polar surface area (TPSA) is 66.8 Å². The lowest BCUT2D eigenvalue weighted by atomic mass is 10.1. The molecule has 1 aromatic carbocycles. The van der Waals surface area contributed by atoms with E-state index in [1.165, 1.54) is 20.0 Å². The summed E-state index contributed by atoms with van der Waals surface area (Å²) in [5, 5.41) is 9.05. The minimum absolute atomic E-state index is 0.248. The molecule has 0 saturated heterocycles.